The van der Waals surface area contributed by atoms with Gasteiger partial charge in [0.1, 0.15) is 0 Å². The monoisotopic (exact) mass is 272 g/mol. The van der Waals surface area contributed by atoms with Gasteiger partial charge in [0.05, 0.1) is 16.9 Å². The molecule has 0 aromatic carbocycles. The van der Waals surface area contributed by atoms with E-state index in [1.807, 2.05) is 0 Å². The van der Waals surface area contributed by atoms with Gasteiger partial charge in [-0.05, 0) is 62.3 Å². The van der Waals surface area contributed by atoms with Gasteiger partial charge in [0.2, 0.25) is 5.69 Å². The van der Waals surface area contributed by atoms with Crippen LogP contribution < -0.4 is 9.84 Å². The summed E-state index contributed by atoms with van der Waals surface area (Å²) in [6, 6.07) is 3.03. The van der Waals surface area contributed by atoms with Crippen LogP contribution in [0.25, 0.3) is 0 Å². The maximum atomic E-state index is 12.3. The molecule has 4 aliphatic carbocycles. The molecule has 0 atom stereocenters. The van der Waals surface area contributed by atoms with E-state index in [0.29, 0.717) is 23.4 Å². The Morgan fingerprint density at radius 2 is 1.70 bits per heavy atom. The van der Waals surface area contributed by atoms with E-state index >= 15 is 0 Å². The summed E-state index contributed by atoms with van der Waals surface area (Å²) in [6.45, 7) is 0. The smallest absolute Gasteiger partial charge is 0.207 e. The van der Waals surface area contributed by atoms with Gasteiger partial charge in [0.25, 0.3) is 0 Å². The number of aromatic nitrogens is 1. The van der Waals surface area contributed by atoms with Crippen molar-refractivity contribution < 1.29 is 14.6 Å². The minimum atomic E-state index is -1.22. The van der Waals surface area contributed by atoms with Gasteiger partial charge >= 0.3 is 0 Å². The lowest BCUT2D eigenvalue weighted by Gasteiger charge is -2.55. The van der Waals surface area contributed by atoms with Crippen LogP contribution in [0.4, 0.5) is 0 Å². The summed E-state index contributed by atoms with van der Waals surface area (Å²) < 4.78 is 0.790. The second-order valence-corrected chi connectivity index (χ2v) is 7.08. The quantitative estimate of drug-likeness (QED) is 0.599. The number of hydrogen-bond acceptors (Lipinski definition) is 3. The lowest BCUT2D eigenvalue weighted by molar-refractivity contribution is -0.620. The van der Waals surface area contributed by atoms with Gasteiger partial charge in [-0.2, -0.15) is 4.73 Å². The van der Waals surface area contributed by atoms with E-state index in [-0.39, 0.29) is 11.0 Å². The van der Waals surface area contributed by atoms with Crippen molar-refractivity contribution >= 4 is 5.97 Å². The zero-order valence-electron chi connectivity index (χ0n) is 11.4. The zero-order valence-corrected chi connectivity index (χ0v) is 11.4. The van der Waals surface area contributed by atoms with Crippen LogP contribution in [-0.4, -0.2) is 5.97 Å². The predicted molar refractivity (Wildman–Crippen MR) is 69.6 cm³/mol. The highest BCUT2D eigenvalue weighted by Gasteiger charge is 2.55. The normalized spacial score (nSPS) is 38.1. The first-order valence-electron chi connectivity index (χ1n) is 7.51. The van der Waals surface area contributed by atoms with Crippen molar-refractivity contribution in [1.82, 2.24) is 0 Å². The highest BCUT2D eigenvalue weighted by molar-refractivity contribution is 5.87. The molecule has 1 aromatic heterocycles. The summed E-state index contributed by atoms with van der Waals surface area (Å²) in [5.41, 5.74) is 0.358. The van der Waals surface area contributed by atoms with Crippen molar-refractivity contribution in [2.24, 2.45) is 17.8 Å². The first-order valence-corrected chi connectivity index (χ1v) is 7.51. The second kappa shape index (κ2) is 3.96. The molecule has 0 unspecified atom stereocenters. The third-order valence-electron chi connectivity index (χ3n) is 5.72. The van der Waals surface area contributed by atoms with Crippen molar-refractivity contribution in [3.05, 3.63) is 34.8 Å². The van der Waals surface area contributed by atoms with E-state index in [4.69, 9.17) is 0 Å². The molecule has 0 radical (unpaired) electrons. The molecule has 0 amide bonds. The fourth-order valence-electron chi connectivity index (χ4n) is 5.57. The van der Waals surface area contributed by atoms with Crippen LogP contribution in [0.5, 0.6) is 0 Å². The van der Waals surface area contributed by atoms with E-state index < -0.39 is 5.97 Å². The number of pyridine rings is 1. The molecule has 5 rings (SSSR count). The Labute approximate surface area is 118 Å². The third kappa shape index (κ3) is 1.60. The van der Waals surface area contributed by atoms with Crippen LogP contribution in [0, 0.1) is 23.0 Å². The lowest BCUT2D eigenvalue weighted by Crippen LogP contribution is -2.54. The summed E-state index contributed by atoms with van der Waals surface area (Å²) in [5, 5.41) is 23.7. The van der Waals surface area contributed by atoms with Gasteiger partial charge in [0.15, 0.2) is 6.20 Å². The first kappa shape index (κ1) is 12.2. The molecular weight excluding hydrogens is 254 g/mol. The minimum absolute atomic E-state index is 0.101. The van der Waals surface area contributed by atoms with Crippen LogP contribution in [-0.2, 0) is 5.41 Å². The van der Waals surface area contributed by atoms with Crippen molar-refractivity contribution in [1.29, 1.82) is 0 Å². The van der Waals surface area contributed by atoms with E-state index in [9.17, 15) is 15.1 Å². The van der Waals surface area contributed by atoms with Crippen LogP contribution in [0.15, 0.2) is 18.3 Å². The molecular formula is C16H18NO3-. The molecule has 1 aromatic rings. The molecule has 1 heterocycles. The van der Waals surface area contributed by atoms with E-state index in [2.05, 4.69) is 0 Å². The molecule has 4 saturated carbocycles. The Hall–Kier alpha value is -1.58. The van der Waals surface area contributed by atoms with Gasteiger partial charge in [-0.3, -0.25) is 0 Å². The number of carboxylic acid groups (broad SMARTS) is 1. The Kier molecular flexibility index (Phi) is 2.41. The SMILES string of the molecule is O=C([O-])c1ccc[n+]([O-])c1C12CC3CC(CC(C3)C1)C2. The van der Waals surface area contributed by atoms with Gasteiger partial charge < -0.3 is 15.1 Å². The van der Waals surface area contributed by atoms with Crippen molar-refractivity contribution in [3.63, 3.8) is 0 Å². The Bertz CT molecular complexity index is 546. The summed E-state index contributed by atoms with van der Waals surface area (Å²) in [5.74, 6) is 0.809. The van der Waals surface area contributed by atoms with E-state index in [1.165, 1.54) is 37.6 Å². The zero-order chi connectivity index (χ0) is 13.9. The average molecular weight is 272 g/mol. The fourth-order valence-corrected chi connectivity index (χ4v) is 5.57. The first-order chi connectivity index (χ1) is 9.57. The number of carbonyl (C=O) groups is 1. The number of hydrogen-bond donors (Lipinski definition) is 0. The Morgan fingerprint density at radius 3 is 2.20 bits per heavy atom. The van der Waals surface area contributed by atoms with E-state index in [0.717, 1.165) is 24.0 Å². The van der Waals surface area contributed by atoms with Crippen molar-refractivity contribution in [2.45, 2.75) is 43.9 Å². The Morgan fingerprint density at radius 1 is 1.15 bits per heavy atom. The summed E-state index contributed by atoms with van der Waals surface area (Å²) >= 11 is 0. The van der Waals surface area contributed by atoms with Crippen LogP contribution in [0.2, 0.25) is 0 Å². The largest absolute Gasteiger partial charge is 0.618 e. The number of carbonyl (C=O) groups excluding carboxylic acids is 1. The summed E-state index contributed by atoms with van der Waals surface area (Å²) in [7, 11) is 0. The van der Waals surface area contributed by atoms with Crippen LogP contribution in [0.1, 0.15) is 54.6 Å². The standard InChI is InChI=1S/C16H19NO3/c18-15(19)13-2-1-3-17(20)14(13)16-7-10-4-11(8-16)6-12(5-10)9-16/h1-3,10-12H,4-9H2,(H,18,19)/p-1. The highest BCUT2D eigenvalue weighted by Crippen LogP contribution is 2.60. The summed E-state index contributed by atoms with van der Waals surface area (Å²) in [6.07, 6.45) is 8.17. The number of nitrogens with zero attached hydrogens (tertiary/aromatic N) is 1. The van der Waals surface area contributed by atoms with Crippen molar-refractivity contribution in [2.75, 3.05) is 0 Å². The predicted octanol–water partition coefficient (Wildman–Crippen LogP) is 1.15. The average Bonchev–Trinajstić information content (AvgIpc) is 2.36. The fraction of sp³-hybridized carbons (Fsp3) is 0.625. The van der Waals surface area contributed by atoms with Crippen LogP contribution in [0.3, 0.4) is 0 Å². The molecule has 0 spiro atoms. The van der Waals surface area contributed by atoms with Crippen molar-refractivity contribution in [3.8, 4) is 0 Å². The number of carboxylic acids is 1. The maximum absolute atomic E-state index is 12.3. The molecule has 0 saturated heterocycles. The molecule has 106 valence electrons. The topological polar surface area (TPSA) is 67.1 Å². The van der Waals surface area contributed by atoms with Gasteiger partial charge in [-0.15, -0.1) is 0 Å². The molecule has 0 N–H and O–H groups in total. The van der Waals surface area contributed by atoms with Gasteiger partial charge in [-0.1, -0.05) is 0 Å². The molecule has 4 bridgehead atoms. The second-order valence-electron chi connectivity index (χ2n) is 7.08. The molecule has 4 heteroatoms. The molecule has 0 aliphatic heterocycles. The van der Waals surface area contributed by atoms with Gasteiger partial charge in [0, 0.05) is 6.07 Å². The minimum Gasteiger partial charge on any atom is -0.618 e. The van der Waals surface area contributed by atoms with E-state index in [1.54, 1.807) is 0 Å². The molecule has 4 nitrogen and oxygen atoms in total. The molecule has 4 fully saturated rings. The number of rotatable bonds is 2. The molecule has 20 heavy (non-hydrogen) atoms. The third-order valence-corrected chi connectivity index (χ3v) is 5.72. The van der Waals surface area contributed by atoms with Crippen LogP contribution >= 0.6 is 0 Å². The van der Waals surface area contributed by atoms with Gasteiger partial charge in [-0.25, -0.2) is 0 Å². The molecule has 4 aliphatic rings. The number of aromatic carboxylic acids is 1. The maximum Gasteiger partial charge on any atom is 0.207 e. The Balaban J connectivity index is 1.87. The summed E-state index contributed by atoms with van der Waals surface area (Å²) in [4.78, 5) is 11.4. The highest BCUT2D eigenvalue weighted by atomic mass is 16.5. The lowest BCUT2D eigenvalue weighted by atomic mass is 9.48.